The summed E-state index contributed by atoms with van der Waals surface area (Å²) in [4.78, 5) is 15.8. The number of rotatable bonds is 2. The van der Waals surface area contributed by atoms with E-state index in [4.69, 9.17) is 4.74 Å². The van der Waals surface area contributed by atoms with E-state index in [1.54, 1.807) is 4.90 Å². The van der Waals surface area contributed by atoms with Crippen LogP contribution in [0, 0.1) is 0 Å². The van der Waals surface area contributed by atoms with Crippen molar-refractivity contribution in [3.63, 3.8) is 0 Å². The zero-order valence-electron chi connectivity index (χ0n) is 13.5. The fourth-order valence-corrected chi connectivity index (χ4v) is 2.85. The van der Waals surface area contributed by atoms with Crippen LogP contribution in [-0.4, -0.2) is 73.0 Å². The van der Waals surface area contributed by atoms with Gasteiger partial charge >= 0.3 is 6.09 Å². The van der Waals surface area contributed by atoms with Crippen LogP contribution in [0.1, 0.15) is 33.6 Å². The Kier molecular flexibility index (Phi) is 5.09. The molecule has 2 saturated heterocycles. The highest BCUT2D eigenvalue weighted by Gasteiger charge is 2.35. The van der Waals surface area contributed by atoms with E-state index in [1.807, 2.05) is 20.8 Å². The molecule has 6 heteroatoms. The Balaban J connectivity index is 1.76. The number of halogens is 1. The Labute approximate surface area is 126 Å². The fourth-order valence-electron chi connectivity index (χ4n) is 2.85. The summed E-state index contributed by atoms with van der Waals surface area (Å²) >= 11 is 0. The van der Waals surface area contributed by atoms with Crippen LogP contribution in [0.15, 0.2) is 0 Å². The predicted molar refractivity (Wildman–Crippen MR) is 80.2 cm³/mol. The van der Waals surface area contributed by atoms with E-state index < -0.39 is 11.3 Å². The van der Waals surface area contributed by atoms with Gasteiger partial charge in [-0.1, -0.05) is 0 Å². The Morgan fingerprint density at radius 1 is 1.19 bits per heavy atom. The normalized spacial score (nSPS) is 23.9. The van der Waals surface area contributed by atoms with Gasteiger partial charge in [-0.3, -0.25) is 4.90 Å². The molecule has 0 aromatic rings. The van der Waals surface area contributed by atoms with E-state index in [0.717, 1.165) is 26.2 Å². The Hall–Kier alpha value is -0.880. The van der Waals surface area contributed by atoms with Crippen LogP contribution < -0.4 is 5.32 Å². The number of hydrogen-bond donors (Lipinski definition) is 1. The minimum absolute atomic E-state index is 0.265. The molecule has 2 heterocycles. The second-order valence-corrected chi connectivity index (χ2v) is 7.14. The summed E-state index contributed by atoms with van der Waals surface area (Å²) in [7, 11) is 0. The van der Waals surface area contributed by atoms with Gasteiger partial charge < -0.3 is 15.0 Å². The third kappa shape index (κ3) is 5.11. The second kappa shape index (κ2) is 6.48. The van der Waals surface area contributed by atoms with Gasteiger partial charge in [0.05, 0.1) is 0 Å². The van der Waals surface area contributed by atoms with Crippen molar-refractivity contribution in [1.29, 1.82) is 0 Å². The molecule has 0 unspecified atom stereocenters. The zero-order valence-corrected chi connectivity index (χ0v) is 13.5. The van der Waals surface area contributed by atoms with Crippen molar-refractivity contribution in [3.05, 3.63) is 0 Å². The van der Waals surface area contributed by atoms with Crippen molar-refractivity contribution >= 4 is 6.09 Å². The number of carbonyl (C=O) groups is 1. The van der Waals surface area contributed by atoms with E-state index in [0.29, 0.717) is 32.5 Å². The van der Waals surface area contributed by atoms with Crippen LogP contribution in [0.25, 0.3) is 0 Å². The summed E-state index contributed by atoms with van der Waals surface area (Å²) in [5.41, 5.74) is -1.54. The quantitative estimate of drug-likeness (QED) is 0.842. The number of hydrogen-bond acceptors (Lipinski definition) is 4. The number of piperidine rings is 1. The summed E-state index contributed by atoms with van der Waals surface area (Å²) in [5.74, 6) is 0. The molecule has 0 radical (unpaired) electrons. The Bertz CT molecular complexity index is 356. The van der Waals surface area contributed by atoms with E-state index in [1.165, 1.54) is 0 Å². The van der Waals surface area contributed by atoms with Crippen LogP contribution in [0.3, 0.4) is 0 Å². The van der Waals surface area contributed by atoms with Crippen LogP contribution in [0.5, 0.6) is 0 Å². The van der Waals surface area contributed by atoms with Crippen LogP contribution in [-0.2, 0) is 4.74 Å². The Morgan fingerprint density at radius 3 is 2.29 bits per heavy atom. The minimum Gasteiger partial charge on any atom is -0.444 e. The van der Waals surface area contributed by atoms with E-state index in [2.05, 4.69) is 10.2 Å². The number of ether oxygens (including phenoxy) is 1. The summed E-state index contributed by atoms with van der Waals surface area (Å²) in [6.45, 7) is 10.3. The lowest BCUT2D eigenvalue weighted by Gasteiger charge is -2.40. The van der Waals surface area contributed by atoms with Crippen molar-refractivity contribution in [1.82, 2.24) is 15.1 Å². The molecule has 0 bridgehead atoms. The van der Waals surface area contributed by atoms with E-state index in [-0.39, 0.29) is 6.09 Å². The molecule has 0 saturated carbocycles. The largest absolute Gasteiger partial charge is 0.444 e. The fraction of sp³-hybridized carbons (Fsp3) is 0.933. The van der Waals surface area contributed by atoms with Gasteiger partial charge in [0.2, 0.25) is 0 Å². The standard InChI is InChI=1S/C15H28FN3O2/c1-14(2,3)21-13(20)19-10-8-18(9-11-19)12-15(16)4-6-17-7-5-15/h17H,4-12H2,1-3H3. The molecule has 2 aliphatic rings. The van der Waals surface area contributed by atoms with E-state index >= 15 is 0 Å². The topological polar surface area (TPSA) is 44.8 Å². The molecule has 0 atom stereocenters. The number of nitrogens with zero attached hydrogens (tertiary/aromatic N) is 2. The zero-order chi connectivity index (χ0) is 15.5. The molecule has 5 nitrogen and oxygen atoms in total. The maximum atomic E-state index is 14.6. The maximum Gasteiger partial charge on any atom is 0.410 e. The summed E-state index contributed by atoms with van der Waals surface area (Å²) in [5, 5.41) is 3.19. The number of piperazine rings is 1. The van der Waals surface area contributed by atoms with Crippen molar-refractivity contribution in [2.75, 3.05) is 45.8 Å². The van der Waals surface area contributed by atoms with Crippen molar-refractivity contribution in [3.8, 4) is 0 Å². The summed E-state index contributed by atoms with van der Waals surface area (Å²) in [6, 6.07) is 0. The van der Waals surface area contributed by atoms with Gasteiger partial charge in [-0.15, -0.1) is 0 Å². The molecule has 0 aromatic carbocycles. The summed E-state index contributed by atoms with van der Waals surface area (Å²) in [6.07, 6.45) is 0.900. The number of carbonyl (C=O) groups excluding carboxylic acids is 1. The number of nitrogens with one attached hydrogen (secondary N) is 1. The van der Waals surface area contributed by atoms with Crippen LogP contribution >= 0.6 is 0 Å². The molecular weight excluding hydrogens is 273 g/mol. The predicted octanol–water partition coefficient (Wildman–Crippen LogP) is 1.63. The third-order valence-corrected chi connectivity index (χ3v) is 4.03. The molecule has 1 amide bonds. The first-order valence-corrected chi connectivity index (χ1v) is 7.87. The molecule has 0 aromatic heterocycles. The van der Waals surface area contributed by atoms with Crippen molar-refractivity contribution in [2.45, 2.75) is 44.9 Å². The highest BCUT2D eigenvalue weighted by atomic mass is 19.1. The first-order chi connectivity index (χ1) is 9.77. The van der Waals surface area contributed by atoms with Gasteiger partial charge in [0.1, 0.15) is 11.3 Å². The third-order valence-electron chi connectivity index (χ3n) is 4.03. The van der Waals surface area contributed by atoms with Gasteiger partial charge in [0, 0.05) is 32.7 Å². The second-order valence-electron chi connectivity index (χ2n) is 7.14. The molecular formula is C15H28FN3O2. The minimum atomic E-state index is -1.07. The molecule has 2 aliphatic heterocycles. The van der Waals surface area contributed by atoms with Gasteiger partial charge in [-0.05, 0) is 46.7 Å². The molecule has 2 fully saturated rings. The molecule has 2 rings (SSSR count). The van der Waals surface area contributed by atoms with Crippen LogP contribution in [0.2, 0.25) is 0 Å². The lowest BCUT2D eigenvalue weighted by molar-refractivity contribution is 0.00392. The molecule has 0 spiro atoms. The van der Waals surface area contributed by atoms with Gasteiger partial charge in [-0.2, -0.15) is 0 Å². The maximum absolute atomic E-state index is 14.6. The van der Waals surface area contributed by atoms with E-state index in [9.17, 15) is 9.18 Å². The molecule has 21 heavy (non-hydrogen) atoms. The summed E-state index contributed by atoms with van der Waals surface area (Å²) < 4.78 is 20.0. The SMILES string of the molecule is CC(C)(C)OC(=O)N1CCN(CC2(F)CCNCC2)CC1. The first kappa shape index (κ1) is 16.5. The van der Waals surface area contributed by atoms with Crippen LogP contribution in [0.4, 0.5) is 9.18 Å². The smallest absolute Gasteiger partial charge is 0.410 e. The monoisotopic (exact) mass is 301 g/mol. The lowest BCUT2D eigenvalue weighted by Crippen LogP contribution is -2.54. The molecule has 0 aliphatic carbocycles. The van der Waals surface area contributed by atoms with Crippen molar-refractivity contribution in [2.24, 2.45) is 0 Å². The van der Waals surface area contributed by atoms with Gasteiger partial charge in [0.15, 0.2) is 0 Å². The van der Waals surface area contributed by atoms with Crippen molar-refractivity contribution < 1.29 is 13.9 Å². The molecule has 1 N–H and O–H groups in total. The molecule has 122 valence electrons. The first-order valence-electron chi connectivity index (χ1n) is 7.87. The highest BCUT2D eigenvalue weighted by molar-refractivity contribution is 5.68. The lowest BCUT2D eigenvalue weighted by atomic mass is 9.93. The average Bonchev–Trinajstić information content (AvgIpc) is 2.38. The van der Waals surface area contributed by atoms with Gasteiger partial charge in [0.25, 0.3) is 0 Å². The number of alkyl halides is 1. The number of amides is 1. The van der Waals surface area contributed by atoms with Gasteiger partial charge in [-0.25, -0.2) is 9.18 Å². The average molecular weight is 301 g/mol. The highest BCUT2D eigenvalue weighted by Crippen LogP contribution is 2.25. The Morgan fingerprint density at radius 2 is 1.76 bits per heavy atom.